The minimum Gasteiger partial charge on any atom is -0.346 e. The number of halogens is 2. The second-order valence-electron chi connectivity index (χ2n) is 3.84. The van der Waals surface area contributed by atoms with Gasteiger partial charge in [0, 0.05) is 0 Å². The van der Waals surface area contributed by atoms with E-state index in [0.29, 0.717) is 19.1 Å². The molecule has 0 aliphatic heterocycles. The maximum absolute atomic E-state index is 11.6. The van der Waals surface area contributed by atoms with Crippen molar-refractivity contribution in [2.24, 2.45) is 5.41 Å². The molecule has 0 bridgehead atoms. The summed E-state index contributed by atoms with van der Waals surface area (Å²) < 4.78 is -0.974. The van der Waals surface area contributed by atoms with Gasteiger partial charge in [-0.15, -0.1) is 23.2 Å². The molecule has 1 amide bonds. The Morgan fingerprint density at radius 1 is 1.64 bits per heavy atom. The van der Waals surface area contributed by atoms with Crippen molar-refractivity contribution in [3.05, 3.63) is 0 Å². The first-order valence-electron chi connectivity index (χ1n) is 4.51. The zero-order chi connectivity index (χ0) is 11.0. The summed E-state index contributed by atoms with van der Waals surface area (Å²) in [5, 5.41) is 2.60. The van der Waals surface area contributed by atoms with Gasteiger partial charge < -0.3 is 10.1 Å². The lowest BCUT2D eigenvalue weighted by molar-refractivity contribution is -0.128. The molecule has 0 spiro atoms. The molecule has 0 heterocycles. The lowest BCUT2D eigenvalue weighted by Crippen LogP contribution is -2.41. The van der Waals surface area contributed by atoms with Gasteiger partial charge in [0.1, 0.15) is 10.6 Å². The van der Waals surface area contributed by atoms with Gasteiger partial charge in [-0.25, -0.2) is 0 Å². The van der Waals surface area contributed by atoms with E-state index >= 15 is 0 Å². The number of amides is 1. The van der Waals surface area contributed by atoms with Crippen LogP contribution in [0.4, 0.5) is 0 Å². The first-order valence-corrected chi connectivity index (χ1v) is 5.27. The van der Waals surface area contributed by atoms with Crippen LogP contribution in [-0.2, 0) is 9.59 Å². The van der Waals surface area contributed by atoms with Crippen LogP contribution in [0.5, 0.6) is 0 Å². The van der Waals surface area contributed by atoms with Crippen LogP contribution >= 0.6 is 23.2 Å². The summed E-state index contributed by atoms with van der Waals surface area (Å²) in [7, 11) is 0. The van der Waals surface area contributed by atoms with Gasteiger partial charge in [0.25, 0.3) is 0 Å². The van der Waals surface area contributed by atoms with Crippen molar-refractivity contribution in [3.8, 4) is 0 Å². The maximum Gasteiger partial charge on any atom is 0.229 e. The van der Waals surface area contributed by atoms with Crippen molar-refractivity contribution in [3.63, 3.8) is 0 Å². The summed E-state index contributed by atoms with van der Waals surface area (Å²) in [4.78, 5) is 22.1. The highest BCUT2D eigenvalue weighted by atomic mass is 35.5. The van der Waals surface area contributed by atoms with E-state index in [1.807, 2.05) is 6.92 Å². The van der Waals surface area contributed by atoms with Crippen LogP contribution < -0.4 is 5.32 Å². The van der Waals surface area contributed by atoms with Crippen molar-refractivity contribution in [2.75, 3.05) is 0 Å². The minimum absolute atomic E-state index is 0.249. The first-order chi connectivity index (χ1) is 6.37. The van der Waals surface area contributed by atoms with Crippen LogP contribution in [0.25, 0.3) is 0 Å². The van der Waals surface area contributed by atoms with E-state index in [0.717, 1.165) is 0 Å². The number of alkyl halides is 2. The third kappa shape index (κ3) is 1.89. The Hall–Kier alpha value is -0.280. The number of hydrogen-bond acceptors (Lipinski definition) is 2. The maximum atomic E-state index is 11.6. The smallest absolute Gasteiger partial charge is 0.229 e. The first kappa shape index (κ1) is 11.8. The quantitative estimate of drug-likeness (QED) is 0.598. The SMILES string of the molecule is CCC(C=O)NC(=O)C1(C)CC1(Cl)Cl. The normalized spacial score (nSPS) is 30.6. The molecule has 3 nitrogen and oxygen atoms in total. The van der Waals surface area contributed by atoms with E-state index in [9.17, 15) is 9.59 Å². The van der Waals surface area contributed by atoms with Gasteiger partial charge in [-0.3, -0.25) is 4.79 Å². The van der Waals surface area contributed by atoms with Gasteiger partial charge in [-0.1, -0.05) is 6.92 Å². The third-order valence-electron chi connectivity index (χ3n) is 2.68. The predicted molar refractivity (Wildman–Crippen MR) is 55.4 cm³/mol. The molecular formula is C9H13Cl2NO2. The number of nitrogens with one attached hydrogen (secondary N) is 1. The molecule has 0 aromatic heterocycles. The van der Waals surface area contributed by atoms with Crippen molar-refractivity contribution in [1.82, 2.24) is 5.32 Å². The lowest BCUT2D eigenvalue weighted by atomic mass is 10.1. The Bertz CT molecular complexity index is 268. The van der Waals surface area contributed by atoms with Crippen LogP contribution in [0.2, 0.25) is 0 Å². The Kier molecular flexibility index (Phi) is 3.12. The largest absolute Gasteiger partial charge is 0.346 e. The zero-order valence-electron chi connectivity index (χ0n) is 8.14. The summed E-state index contributed by atoms with van der Waals surface area (Å²) in [6.45, 7) is 3.52. The number of rotatable bonds is 4. The lowest BCUT2D eigenvalue weighted by Gasteiger charge is -2.15. The second kappa shape index (κ2) is 3.70. The Labute approximate surface area is 93.1 Å². The summed E-state index contributed by atoms with van der Waals surface area (Å²) in [5.74, 6) is -0.249. The van der Waals surface area contributed by atoms with Gasteiger partial charge >= 0.3 is 0 Å². The molecule has 1 saturated carbocycles. The Morgan fingerprint density at radius 3 is 2.43 bits per heavy atom. The average Bonchev–Trinajstić information content (AvgIpc) is 2.63. The van der Waals surface area contributed by atoms with Gasteiger partial charge in [-0.05, 0) is 19.8 Å². The molecule has 0 saturated heterocycles. The van der Waals surface area contributed by atoms with Crippen LogP contribution in [0.15, 0.2) is 0 Å². The third-order valence-corrected chi connectivity index (χ3v) is 3.78. The van der Waals surface area contributed by atoms with Crippen molar-refractivity contribution >= 4 is 35.4 Å². The number of hydrogen-bond donors (Lipinski definition) is 1. The van der Waals surface area contributed by atoms with Crippen LogP contribution in [-0.4, -0.2) is 22.6 Å². The second-order valence-corrected chi connectivity index (χ2v) is 5.32. The van der Waals surface area contributed by atoms with Crippen molar-refractivity contribution < 1.29 is 9.59 Å². The molecule has 1 rings (SSSR count). The van der Waals surface area contributed by atoms with Crippen LogP contribution in [0.3, 0.4) is 0 Å². The molecular weight excluding hydrogens is 225 g/mol. The highest BCUT2D eigenvalue weighted by Gasteiger charge is 2.67. The van der Waals surface area contributed by atoms with E-state index in [-0.39, 0.29) is 5.91 Å². The molecule has 1 N–H and O–H groups in total. The van der Waals surface area contributed by atoms with Gasteiger partial charge in [-0.2, -0.15) is 0 Å². The fraction of sp³-hybridized carbons (Fsp3) is 0.778. The number of aldehydes is 1. The molecule has 80 valence electrons. The van der Waals surface area contributed by atoms with Gasteiger partial charge in [0.2, 0.25) is 5.91 Å². The Balaban J connectivity index is 2.56. The van der Waals surface area contributed by atoms with E-state index in [1.54, 1.807) is 6.92 Å². The van der Waals surface area contributed by atoms with Gasteiger partial charge in [0.15, 0.2) is 0 Å². The summed E-state index contributed by atoms with van der Waals surface area (Å²) in [6, 6.07) is -0.441. The Morgan fingerprint density at radius 2 is 2.14 bits per heavy atom. The average molecular weight is 238 g/mol. The molecule has 0 aromatic rings. The highest BCUT2D eigenvalue weighted by molar-refractivity contribution is 6.53. The monoisotopic (exact) mass is 237 g/mol. The molecule has 2 unspecified atom stereocenters. The van der Waals surface area contributed by atoms with Crippen molar-refractivity contribution in [2.45, 2.75) is 37.1 Å². The number of carbonyl (C=O) groups is 2. The molecule has 1 fully saturated rings. The standard InChI is InChI=1S/C9H13Cl2NO2/c1-3-6(4-13)12-7(14)8(2)5-9(8,10)11/h4,6H,3,5H2,1-2H3,(H,12,14). The molecule has 14 heavy (non-hydrogen) atoms. The molecule has 0 aromatic carbocycles. The molecule has 2 atom stereocenters. The van der Waals surface area contributed by atoms with Gasteiger partial charge in [0.05, 0.1) is 11.5 Å². The van der Waals surface area contributed by atoms with E-state index in [4.69, 9.17) is 23.2 Å². The minimum atomic E-state index is -0.974. The van der Waals surface area contributed by atoms with Crippen LogP contribution in [0, 0.1) is 5.41 Å². The topological polar surface area (TPSA) is 46.2 Å². The summed E-state index contributed by atoms with van der Waals surface area (Å²) in [6.07, 6.45) is 1.72. The van der Waals surface area contributed by atoms with E-state index < -0.39 is 15.8 Å². The summed E-state index contributed by atoms with van der Waals surface area (Å²) >= 11 is 11.7. The fourth-order valence-electron chi connectivity index (χ4n) is 1.21. The predicted octanol–water partition coefficient (Wildman–Crippen LogP) is 1.66. The zero-order valence-corrected chi connectivity index (χ0v) is 9.65. The summed E-state index contributed by atoms with van der Waals surface area (Å²) in [5.41, 5.74) is -0.744. The van der Waals surface area contributed by atoms with Crippen LogP contribution in [0.1, 0.15) is 26.7 Å². The number of carbonyl (C=O) groups excluding carboxylic acids is 2. The molecule has 0 radical (unpaired) electrons. The van der Waals surface area contributed by atoms with Crippen molar-refractivity contribution in [1.29, 1.82) is 0 Å². The fourth-order valence-corrected chi connectivity index (χ4v) is 1.91. The van der Waals surface area contributed by atoms with E-state index in [2.05, 4.69) is 5.32 Å². The molecule has 5 heteroatoms. The highest BCUT2D eigenvalue weighted by Crippen LogP contribution is 2.63. The molecule has 1 aliphatic carbocycles. The van der Waals surface area contributed by atoms with E-state index in [1.165, 1.54) is 0 Å². The molecule has 1 aliphatic rings.